The van der Waals surface area contributed by atoms with Crippen LogP contribution in [0, 0.1) is 17.3 Å². The van der Waals surface area contributed by atoms with Gasteiger partial charge in [0.15, 0.2) is 5.78 Å². The van der Waals surface area contributed by atoms with Gasteiger partial charge in [-0.25, -0.2) is 10.3 Å². The Hall–Kier alpha value is -2.00. The highest BCUT2D eigenvalue weighted by Crippen LogP contribution is 2.28. The third-order valence-corrected chi connectivity index (χ3v) is 4.58. The Bertz CT molecular complexity index is 547. The molecule has 0 aromatic heterocycles. The molecule has 0 saturated heterocycles. The van der Waals surface area contributed by atoms with Crippen LogP contribution in [-0.2, 0) is 19.2 Å². The van der Waals surface area contributed by atoms with Crippen molar-refractivity contribution in [2.45, 2.75) is 59.4 Å². The number of hydrogen-bond acceptors (Lipinski definition) is 6. The van der Waals surface area contributed by atoms with Crippen LogP contribution >= 0.6 is 0 Å². The van der Waals surface area contributed by atoms with Crippen molar-refractivity contribution in [3.63, 3.8) is 0 Å². The van der Waals surface area contributed by atoms with Crippen LogP contribution in [0.5, 0.6) is 0 Å². The zero-order valence-electron chi connectivity index (χ0n) is 16.1. The molecule has 0 spiro atoms. The molecule has 0 aliphatic heterocycles. The lowest BCUT2D eigenvalue weighted by Gasteiger charge is -2.35. The van der Waals surface area contributed by atoms with E-state index in [9.17, 15) is 24.3 Å². The number of aliphatic carboxylic acids is 1. The fourth-order valence-electron chi connectivity index (χ4n) is 2.61. The Morgan fingerprint density at radius 2 is 1.69 bits per heavy atom. The van der Waals surface area contributed by atoms with Crippen LogP contribution in [-0.4, -0.2) is 46.0 Å². The van der Waals surface area contributed by atoms with Crippen LogP contribution in [0.3, 0.4) is 0 Å². The van der Waals surface area contributed by atoms with Gasteiger partial charge in [0, 0.05) is 24.3 Å². The van der Waals surface area contributed by atoms with Gasteiger partial charge < -0.3 is 16.2 Å². The zero-order chi connectivity index (χ0) is 20.7. The number of ketones is 1. The second-order valence-corrected chi connectivity index (χ2v) is 7.54. The lowest BCUT2D eigenvalue weighted by molar-refractivity contribution is -0.156. The first-order chi connectivity index (χ1) is 11.9. The number of carboxylic acids is 1. The van der Waals surface area contributed by atoms with Crippen LogP contribution in [0.15, 0.2) is 0 Å². The normalized spacial score (nSPS) is 15.1. The molecule has 2 amide bonds. The van der Waals surface area contributed by atoms with Gasteiger partial charge >= 0.3 is 5.97 Å². The molecule has 0 radical (unpaired) electrons. The highest BCUT2D eigenvalue weighted by Gasteiger charge is 2.52. The monoisotopic (exact) mass is 373 g/mol. The molecule has 0 aromatic carbocycles. The number of Topliss-reactive ketones (excluding diaryl/α,β-unsaturated/α-hetero) is 1. The van der Waals surface area contributed by atoms with E-state index in [1.807, 2.05) is 13.8 Å². The van der Waals surface area contributed by atoms with Crippen molar-refractivity contribution < 1.29 is 29.5 Å². The van der Waals surface area contributed by atoms with Crippen LogP contribution in [0.25, 0.3) is 0 Å². The van der Waals surface area contributed by atoms with E-state index >= 15 is 0 Å². The number of amides is 2. The van der Waals surface area contributed by atoms with Crippen molar-refractivity contribution in [3.05, 3.63) is 0 Å². The van der Waals surface area contributed by atoms with Gasteiger partial charge in [-0.15, -0.1) is 0 Å². The first kappa shape index (κ1) is 24.0. The molecule has 0 bridgehead atoms. The van der Waals surface area contributed by atoms with Gasteiger partial charge in [0.1, 0.15) is 0 Å². The average molecular weight is 373 g/mol. The lowest BCUT2D eigenvalue weighted by atomic mass is 9.74. The highest BCUT2D eigenvalue weighted by atomic mass is 16.5. The minimum absolute atomic E-state index is 0.0251. The summed E-state index contributed by atoms with van der Waals surface area (Å²) in [6.45, 7) is 7.94. The van der Waals surface area contributed by atoms with E-state index in [0.29, 0.717) is 6.42 Å². The minimum atomic E-state index is -2.28. The summed E-state index contributed by atoms with van der Waals surface area (Å²) in [7, 11) is 0. The van der Waals surface area contributed by atoms with Crippen molar-refractivity contribution in [2.75, 3.05) is 6.54 Å². The summed E-state index contributed by atoms with van der Waals surface area (Å²) in [6.07, 6.45) is 0.288. The van der Waals surface area contributed by atoms with Crippen molar-refractivity contribution in [1.29, 1.82) is 0 Å². The predicted molar refractivity (Wildman–Crippen MR) is 94.1 cm³/mol. The second-order valence-electron chi connectivity index (χ2n) is 7.54. The molecule has 26 heavy (non-hydrogen) atoms. The molecule has 0 heterocycles. The maximum Gasteiger partial charge on any atom is 0.338 e. The van der Waals surface area contributed by atoms with Crippen molar-refractivity contribution >= 4 is 23.6 Å². The number of rotatable bonds is 11. The summed E-state index contributed by atoms with van der Waals surface area (Å²) in [5.74, 6) is -4.68. The average Bonchev–Trinajstić information content (AvgIpc) is 2.57. The fourth-order valence-corrected chi connectivity index (χ4v) is 2.61. The number of carbonyl (C=O) groups excluding carboxylic acids is 3. The third-order valence-electron chi connectivity index (χ3n) is 4.58. The van der Waals surface area contributed by atoms with Crippen molar-refractivity contribution in [3.8, 4) is 0 Å². The molecule has 6 N–H and O–H groups in total. The smallest absolute Gasteiger partial charge is 0.338 e. The molecule has 2 atom stereocenters. The predicted octanol–water partition coefficient (Wildman–Crippen LogP) is 0.448. The van der Waals surface area contributed by atoms with E-state index in [1.165, 1.54) is 5.48 Å². The van der Waals surface area contributed by atoms with Gasteiger partial charge in [-0.1, -0.05) is 34.6 Å². The molecule has 9 nitrogen and oxygen atoms in total. The number of hydroxylamine groups is 1. The number of nitrogens with one attached hydrogen (secondary N) is 2. The standard InChI is InChI=1S/C17H31N3O6/c1-6-16(4,5)14(23)17(9-18,15(24)25)19-13(22)11(7-10(2)3)8-12(21)20-26/h10-11,26H,6-9,18H2,1-5H3,(H,19,22)(H,20,21)(H,24,25)/t11?,17-/m1/s1. The molecule has 0 aliphatic carbocycles. The first-order valence-electron chi connectivity index (χ1n) is 8.61. The van der Waals surface area contributed by atoms with E-state index in [-0.39, 0.29) is 18.8 Å². The summed E-state index contributed by atoms with van der Waals surface area (Å²) < 4.78 is 0. The Morgan fingerprint density at radius 1 is 1.15 bits per heavy atom. The summed E-state index contributed by atoms with van der Waals surface area (Å²) in [5.41, 5.74) is 3.77. The summed E-state index contributed by atoms with van der Waals surface area (Å²) in [5, 5.41) is 20.6. The van der Waals surface area contributed by atoms with Gasteiger partial charge in [-0.05, 0) is 18.8 Å². The SMILES string of the molecule is CCC(C)(C)C(=O)[C@@](CN)(NC(=O)C(CC(=O)NO)CC(C)C)C(=O)O. The zero-order valence-corrected chi connectivity index (χ0v) is 16.1. The molecule has 0 aliphatic rings. The Morgan fingerprint density at radius 3 is 2.04 bits per heavy atom. The summed E-state index contributed by atoms with van der Waals surface area (Å²) >= 11 is 0. The minimum Gasteiger partial charge on any atom is -0.479 e. The quantitative estimate of drug-likeness (QED) is 0.200. The van der Waals surface area contributed by atoms with Crippen LogP contribution in [0.1, 0.15) is 53.9 Å². The Balaban J connectivity index is 5.80. The van der Waals surface area contributed by atoms with Gasteiger partial charge in [0.2, 0.25) is 17.4 Å². The maximum absolute atomic E-state index is 12.9. The van der Waals surface area contributed by atoms with E-state index < -0.39 is 47.0 Å². The molecular formula is C17H31N3O6. The largest absolute Gasteiger partial charge is 0.479 e. The molecule has 0 aromatic rings. The van der Waals surface area contributed by atoms with Gasteiger partial charge in [0.25, 0.3) is 0 Å². The number of carbonyl (C=O) groups is 4. The van der Waals surface area contributed by atoms with E-state index in [1.54, 1.807) is 20.8 Å². The first-order valence-corrected chi connectivity index (χ1v) is 8.61. The topological polar surface area (TPSA) is 159 Å². The lowest BCUT2D eigenvalue weighted by Crippen LogP contribution is -2.68. The molecular weight excluding hydrogens is 342 g/mol. The van der Waals surface area contributed by atoms with Crippen LogP contribution < -0.4 is 16.5 Å². The molecule has 0 fully saturated rings. The summed E-state index contributed by atoms with van der Waals surface area (Å²) in [4.78, 5) is 48.9. The van der Waals surface area contributed by atoms with Crippen molar-refractivity contribution in [2.24, 2.45) is 23.0 Å². The van der Waals surface area contributed by atoms with E-state index in [0.717, 1.165) is 0 Å². The maximum atomic E-state index is 12.9. The molecule has 0 saturated carbocycles. The van der Waals surface area contributed by atoms with Crippen LogP contribution in [0.4, 0.5) is 0 Å². The highest BCUT2D eigenvalue weighted by molar-refractivity contribution is 6.13. The summed E-state index contributed by atoms with van der Waals surface area (Å²) in [6, 6.07) is 0. The van der Waals surface area contributed by atoms with E-state index in [2.05, 4.69) is 5.32 Å². The van der Waals surface area contributed by atoms with Crippen molar-refractivity contribution in [1.82, 2.24) is 10.8 Å². The number of carboxylic acid groups (broad SMARTS) is 1. The Kier molecular flexibility index (Phi) is 8.89. The fraction of sp³-hybridized carbons (Fsp3) is 0.765. The molecule has 150 valence electrons. The number of nitrogens with two attached hydrogens (primary N) is 1. The second kappa shape index (κ2) is 9.63. The molecule has 0 rings (SSSR count). The van der Waals surface area contributed by atoms with E-state index in [4.69, 9.17) is 10.9 Å². The van der Waals surface area contributed by atoms with Gasteiger partial charge in [0.05, 0.1) is 0 Å². The van der Waals surface area contributed by atoms with Crippen LogP contribution in [0.2, 0.25) is 0 Å². The molecule has 1 unspecified atom stereocenters. The Labute approximate surface area is 153 Å². The van der Waals surface area contributed by atoms with Gasteiger partial charge in [-0.2, -0.15) is 0 Å². The number of hydrogen-bond donors (Lipinski definition) is 5. The third kappa shape index (κ3) is 5.77. The molecule has 9 heteroatoms. The van der Waals surface area contributed by atoms with Gasteiger partial charge in [-0.3, -0.25) is 19.6 Å².